The average Bonchev–Trinajstić information content (AvgIpc) is 1.73. The third-order valence-corrected chi connectivity index (χ3v) is 17.0. The molecule has 3 fully saturated rings. The second-order valence-corrected chi connectivity index (χ2v) is 25.5. The molecule has 29 heteroatoms. The summed E-state index contributed by atoms with van der Waals surface area (Å²) in [5.74, 6) is -8.12. The summed E-state index contributed by atoms with van der Waals surface area (Å²) < 4.78 is 215. The van der Waals surface area contributed by atoms with E-state index in [2.05, 4.69) is 45.2 Å². The van der Waals surface area contributed by atoms with Gasteiger partial charge in [-0.1, -0.05) is 56.1 Å². The Labute approximate surface area is 541 Å². The van der Waals surface area contributed by atoms with E-state index < -0.39 is 107 Å². The summed E-state index contributed by atoms with van der Waals surface area (Å²) in [5, 5.41) is -1.07. The van der Waals surface area contributed by atoms with E-state index in [1.807, 2.05) is 13.0 Å². The Balaban J connectivity index is 1.06. The number of unbranched alkanes of at least 4 members (excludes halogenated alkanes) is 7. The van der Waals surface area contributed by atoms with Crippen molar-refractivity contribution < 1.29 is 119 Å². The molecule has 3 unspecified atom stereocenters. The highest BCUT2D eigenvalue weighted by Crippen LogP contribution is 2.51. The van der Waals surface area contributed by atoms with Crippen molar-refractivity contribution in [1.29, 1.82) is 0 Å². The molecule has 2 amide bonds. The zero-order chi connectivity index (χ0) is 68.4. The molecular weight excluding hydrogens is 1270 g/mol. The SMILES string of the molecule is C=CC(CCCCCC(=O)CC)/C(=C/CCCCNC(=O)CCCCC(F)(F)C(F)(F)OC(F)(F)C(F)(F)S(=O)(=O)OC1[C@@H](C2COC(C)(C)O2)O[C@@H]2OC(C)(C)O[C@@H]12)C/C(=C/CCCCNC(=O)c1ccc2c(c1)OCCOCCOCCOCCOCCO2)CC. The molecule has 3 saturated heterocycles. The highest BCUT2D eigenvalue weighted by molar-refractivity contribution is 7.87. The molecule has 93 heavy (non-hydrogen) atoms. The fourth-order valence-corrected chi connectivity index (χ4v) is 11.5. The summed E-state index contributed by atoms with van der Waals surface area (Å²) in [5.41, 5.74) is 2.81. The summed E-state index contributed by atoms with van der Waals surface area (Å²) in [6.45, 7) is 17.6. The van der Waals surface area contributed by atoms with E-state index in [1.54, 1.807) is 18.2 Å². The van der Waals surface area contributed by atoms with E-state index in [4.69, 9.17) is 52.1 Å². The monoisotopic (exact) mass is 1360 g/mol. The molecule has 532 valence electrons. The number of Topliss-reactive ketones (excluding diaryl/α,β-unsaturated/α-hetero) is 1. The number of carbonyl (C=O) groups is 3. The van der Waals surface area contributed by atoms with Gasteiger partial charge in [0.15, 0.2) is 29.4 Å². The smallest absolute Gasteiger partial charge is 0.460 e. The maximum absolute atomic E-state index is 15.3. The topological polar surface area (TPSA) is 229 Å². The van der Waals surface area contributed by atoms with Crippen LogP contribution in [0.25, 0.3) is 0 Å². The fraction of sp³-hybridized carbons (Fsp3) is 0.766. The molecule has 0 aliphatic carbocycles. The first-order valence-corrected chi connectivity index (χ1v) is 33.6. The molecule has 20 nitrogen and oxygen atoms in total. The summed E-state index contributed by atoms with van der Waals surface area (Å²) >= 11 is 0. The van der Waals surface area contributed by atoms with Crippen LogP contribution in [-0.4, -0.2) is 177 Å². The number of benzene rings is 1. The van der Waals surface area contributed by atoms with Crippen LogP contribution in [0.1, 0.15) is 167 Å². The van der Waals surface area contributed by atoms with Crippen LogP contribution in [0.4, 0.5) is 35.1 Å². The first-order valence-electron chi connectivity index (χ1n) is 32.2. The number of allylic oxidation sites excluding steroid dienone is 5. The van der Waals surface area contributed by atoms with Gasteiger partial charge >= 0.3 is 33.5 Å². The molecule has 0 radical (unpaired) electrons. The Kier molecular flexibility index (Phi) is 32.3. The lowest BCUT2D eigenvalue weighted by atomic mass is 9.86. The lowest BCUT2D eigenvalue weighted by Crippen LogP contribution is -2.57. The number of hydrogen-bond acceptors (Lipinski definition) is 18. The van der Waals surface area contributed by atoms with Crippen LogP contribution in [0.3, 0.4) is 0 Å². The third kappa shape index (κ3) is 25.5. The largest absolute Gasteiger partial charge is 0.487 e. The molecular formula is C64H96F8N2O18S. The van der Waals surface area contributed by atoms with E-state index in [-0.39, 0.29) is 44.0 Å². The molecule has 5 rings (SSSR count). The second kappa shape index (κ2) is 37.9. The summed E-state index contributed by atoms with van der Waals surface area (Å²) in [6.07, 6.45) is -8.86. The lowest BCUT2D eigenvalue weighted by molar-refractivity contribution is -0.456. The number of alkyl halides is 8. The molecule has 0 bridgehead atoms. The normalized spacial score (nSPS) is 22.8. The van der Waals surface area contributed by atoms with Crippen molar-refractivity contribution in [1.82, 2.24) is 10.6 Å². The second-order valence-electron chi connectivity index (χ2n) is 23.9. The highest BCUT2D eigenvalue weighted by Gasteiger charge is 2.75. The number of amides is 2. The first-order chi connectivity index (χ1) is 44.0. The van der Waals surface area contributed by atoms with Crippen LogP contribution >= 0.6 is 0 Å². The van der Waals surface area contributed by atoms with Gasteiger partial charge in [-0.05, 0) is 129 Å². The maximum atomic E-state index is 15.3. The van der Waals surface area contributed by atoms with E-state index in [9.17, 15) is 49.1 Å². The Morgan fingerprint density at radius 3 is 1.88 bits per heavy atom. The number of hydrogen-bond donors (Lipinski definition) is 2. The molecule has 2 N–H and O–H groups in total. The van der Waals surface area contributed by atoms with E-state index in [0.29, 0.717) is 115 Å². The molecule has 1 aromatic carbocycles. The van der Waals surface area contributed by atoms with Crippen molar-refractivity contribution in [2.45, 2.75) is 223 Å². The Bertz CT molecular complexity index is 2670. The van der Waals surface area contributed by atoms with Crippen molar-refractivity contribution in [3.05, 3.63) is 59.7 Å². The van der Waals surface area contributed by atoms with Crippen LogP contribution in [-0.2, 0) is 71.3 Å². The van der Waals surface area contributed by atoms with Crippen LogP contribution in [0.5, 0.6) is 11.5 Å². The molecule has 4 aliphatic rings. The van der Waals surface area contributed by atoms with Crippen LogP contribution in [0.15, 0.2) is 54.2 Å². The standard InChI is InChI=1S/C64H96F8N2O18S/c1-8-45(22-14-12-21-31-74-57(77)48-27-28-50-51(43-48)85-41-39-83-37-35-81-33-32-80-34-36-82-38-40-84-50)42-47(46(9-2)23-15-11-17-25-49(75)10-3)24-16-13-20-30-73-53(76)26-18-19-29-61(65,66)62(67,68)92-63(69,70)64(71,72)93(78,79)91-55-54(52-44-86-59(4,5)88-52)87-58-56(55)89-60(6,7)90-58/h9,22,24,27-28,43,46,52,54-56,58H,2,8,10-21,23,25-26,29-42,44H2,1,3-7H3,(H,73,76)(H,74,77)/b45-22+,47-24+/t46?,52?,54-,55?,56+,58-/m1/s1. The van der Waals surface area contributed by atoms with E-state index >= 15 is 8.78 Å². The maximum Gasteiger partial charge on any atom is 0.460 e. The minimum atomic E-state index is -7.05. The van der Waals surface area contributed by atoms with Crippen LogP contribution in [0, 0.1) is 5.92 Å². The molecule has 4 aliphatic heterocycles. The Hall–Kier alpha value is -4.40. The van der Waals surface area contributed by atoms with Crippen LogP contribution in [0.2, 0.25) is 0 Å². The number of carbonyl (C=O) groups excluding carboxylic acids is 3. The minimum Gasteiger partial charge on any atom is -0.487 e. The van der Waals surface area contributed by atoms with Crippen molar-refractivity contribution in [2.75, 3.05) is 85.8 Å². The van der Waals surface area contributed by atoms with Crippen molar-refractivity contribution in [3.8, 4) is 11.5 Å². The molecule has 1 aromatic rings. The van der Waals surface area contributed by atoms with Gasteiger partial charge in [0.2, 0.25) is 5.91 Å². The van der Waals surface area contributed by atoms with Gasteiger partial charge in [0.25, 0.3) is 5.91 Å². The van der Waals surface area contributed by atoms with Gasteiger partial charge < -0.3 is 62.7 Å². The van der Waals surface area contributed by atoms with Gasteiger partial charge in [0.1, 0.15) is 43.4 Å². The number of ketones is 1. The Morgan fingerprint density at radius 1 is 0.677 bits per heavy atom. The quantitative estimate of drug-likeness (QED) is 0.0275. The van der Waals surface area contributed by atoms with Gasteiger partial charge in [-0.25, -0.2) is 4.74 Å². The van der Waals surface area contributed by atoms with Crippen LogP contribution < -0.4 is 20.1 Å². The van der Waals surface area contributed by atoms with Crippen molar-refractivity contribution >= 4 is 27.7 Å². The fourth-order valence-electron chi connectivity index (χ4n) is 10.5. The molecule has 4 heterocycles. The molecule has 0 saturated carbocycles. The first kappa shape index (κ1) is 79.3. The third-order valence-electron chi connectivity index (χ3n) is 15.7. The number of rotatable bonds is 36. The van der Waals surface area contributed by atoms with E-state index in [1.165, 1.54) is 38.8 Å². The molecule has 0 spiro atoms. The predicted octanol–water partition coefficient (Wildman–Crippen LogP) is 11.8. The zero-order valence-corrected chi connectivity index (χ0v) is 55.2. The van der Waals surface area contributed by atoms with Gasteiger partial charge in [-0.3, -0.25) is 18.6 Å². The molecule has 6 atom stereocenters. The summed E-state index contributed by atoms with van der Waals surface area (Å²) in [4.78, 5) is 37.8. The van der Waals surface area contributed by atoms with Gasteiger partial charge in [-0.2, -0.15) is 43.5 Å². The predicted molar refractivity (Wildman–Crippen MR) is 324 cm³/mol. The van der Waals surface area contributed by atoms with Crippen molar-refractivity contribution in [3.63, 3.8) is 0 Å². The highest BCUT2D eigenvalue weighted by atomic mass is 32.2. The number of fused-ring (bicyclic) bond motifs is 2. The van der Waals surface area contributed by atoms with Crippen molar-refractivity contribution in [2.24, 2.45) is 5.92 Å². The molecule has 0 aromatic heterocycles. The van der Waals surface area contributed by atoms with Gasteiger partial charge in [0.05, 0.1) is 59.5 Å². The number of ether oxygens (including phenoxy) is 12. The average molecular weight is 1370 g/mol. The number of nitrogens with one attached hydrogen (secondary N) is 2. The zero-order valence-electron chi connectivity index (χ0n) is 54.3. The number of halogens is 8. The summed E-state index contributed by atoms with van der Waals surface area (Å²) in [7, 11) is -7.05. The lowest BCUT2D eigenvalue weighted by Gasteiger charge is -2.33. The minimum absolute atomic E-state index is 0.0550. The van der Waals surface area contributed by atoms with E-state index in [0.717, 1.165) is 51.4 Å². The van der Waals surface area contributed by atoms with Gasteiger partial charge in [0, 0.05) is 44.3 Å². The Morgan fingerprint density at radius 2 is 1.28 bits per heavy atom. The van der Waals surface area contributed by atoms with Gasteiger partial charge in [-0.15, -0.1) is 6.58 Å². The summed E-state index contributed by atoms with van der Waals surface area (Å²) in [6, 6.07) is 5.02.